The zero-order chi connectivity index (χ0) is 16.2. The van der Waals surface area contributed by atoms with Crippen LogP contribution < -0.4 is 5.32 Å². The molecule has 2 saturated heterocycles. The van der Waals surface area contributed by atoms with Crippen LogP contribution in [0.1, 0.15) is 31.2 Å². The molecule has 2 fully saturated rings. The van der Waals surface area contributed by atoms with E-state index in [9.17, 15) is 4.79 Å². The number of hydrogen-bond acceptors (Lipinski definition) is 3. The van der Waals surface area contributed by atoms with Gasteiger partial charge in [0.15, 0.2) is 0 Å². The molecule has 23 heavy (non-hydrogen) atoms. The molecule has 0 spiro atoms. The lowest BCUT2D eigenvalue weighted by Crippen LogP contribution is -2.52. The Bertz CT molecular complexity index is 508. The highest BCUT2D eigenvalue weighted by Gasteiger charge is 2.41. The Kier molecular flexibility index (Phi) is 5.18. The number of carbonyl (C=O) groups excluding carboxylic acids is 1. The van der Waals surface area contributed by atoms with Crippen molar-refractivity contribution in [2.24, 2.45) is 0 Å². The van der Waals surface area contributed by atoms with Gasteiger partial charge in [0.05, 0.1) is 6.61 Å². The molecule has 2 aliphatic rings. The second kappa shape index (κ2) is 7.32. The average Bonchev–Trinajstić information content (AvgIpc) is 2.79. The molecule has 0 aliphatic carbocycles. The Morgan fingerprint density at radius 1 is 1.26 bits per heavy atom. The fourth-order valence-corrected chi connectivity index (χ4v) is 3.98. The molecule has 2 bridgehead atoms. The van der Waals surface area contributed by atoms with Gasteiger partial charge in [0.2, 0.25) is 0 Å². The van der Waals surface area contributed by atoms with Crippen LogP contribution in [0.4, 0.5) is 4.79 Å². The molecular weight excluding hydrogens is 290 g/mol. The summed E-state index contributed by atoms with van der Waals surface area (Å²) < 4.78 is 0. The molecule has 5 nitrogen and oxygen atoms in total. The van der Waals surface area contributed by atoms with Crippen molar-refractivity contribution in [3.05, 3.63) is 35.9 Å². The summed E-state index contributed by atoms with van der Waals surface area (Å²) in [4.78, 5) is 16.3. The molecule has 126 valence electrons. The van der Waals surface area contributed by atoms with Crippen molar-refractivity contribution in [1.29, 1.82) is 0 Å². The van der Waals surface area contributed by atoms with Gasteiger partial charge in [0.1, 0.15) is 0 Å². The number of likely N-dealkylation sites (N-methyl/N-ethyl adjacent to an activating group) is 1. The summed E-state index contributed by atoms with van der Waals surface area (Å²) in [7, 11) is 1.73. The quantitative estimate of drug-likeness (QED) is 0.871. The monoisotopic (exact) mass is 317 g/mol. The van der Waals surface area contributed by atoms with E-state index in [1.807, 2.05) is 0 Å². The van der Waals surface area contributed by atoms with E-state index in [2.05, 4.69) is 40.5 Å². The Morgan fingerprint density at radius 2 is 1.91 bits per heavy atom. The Hall–Kier alpha value is -1.59. The van der Waals surface area contributed by atoms with Crippen LogP contribution in [0.2, 0.25) is 0 Å². The van der Waals surface area contributed by atoms with Crippen LogP contribution in [0.5, 0.6) is 0 Å². The van der Waals surface area contributed by atoms with E-state index in [1.54, 1.807) is 11.9 Å². The van der Waals surface area contributed by atoms with Crippen LogP contribution in [0.3, 0.4) is 0 Å². The van der Waals surface area contributed by atoms with Crippen LogP contribution in [-0.2, 0) is 6.54 Å². The first-order valence-electron chi connectivity index (χ1n) is 8.59. The first-order valence-corrected chi connectivity index (χ1v) is 8.59. The van der Waals surface area contributed by atoms with Gasteiger partial charge in [-0.1, -0.05) is 30.3 Å². The van der Waals surface area contributed by atoms with Crippen molar-refractivity contribution in [3.63, 3.8) is 0 Å². The summed E-state index contributed by atoms with van der Waals surface area (Å²) >= 11 is 0. The number of aliphatic hydroxyl groups excluding tert-OH is 1. The molecule has 2 aliphatic heterocycles. The molecule has 2 atom stereocenters. The lowest BCUT2D eigenvalue weighted by atomic mass is 9.96. The standard InChI is InChI=1S/C18H27N3O2/c1-20(9-10-22)18(23)19-15-11-16-7-8-17(12-15)21(16)13-14-5-3-2-4-6-14/h2-6,15-17,22H,7-13H2,1H3,(H,19,23). The number of fused-ring (bicyclic) bond motifs is 2. The van der Waals surface area contributed by atoms with E-state index >= 15 is 0 Å². The summed E-state index contributed by atoms with van der Waals surface area (Å²) in [5.41, 5.74) is 1.37. The number of benzene rings is 1. The number of hydrogen-bond donors (Lipinski definition) is 2. The molecule has 1 aromatic rings. The van der Waals surface area contributed by atoms with Crippen LogP contribution >= 0.6 is 0 Å². The van der Waals surface area contributed by atoms with Crippen LogP contribution in [0.25, 0.3) is 0 Å². The van der Waals surface area contributed by atoms with Gasteiger partial charge in [-0.25, -0.2) is 4.79 Å². The smallest absolute Gasteiger partial charge is 0.317 e. The van der Waals surface area contributed by atoms with Crippen LogP contribution in [0.15, 0.2) is 30.3 Å². The molecule has 0 saturated carbocycles. The number of nitrogens with zero attached hydrogens (tertiary/aromatic N) is 2. The largest absolute Gasteiger partial charge is 0.395 e. The number of amides is 2. The number of nitrogens with one attached hydrogen (secondary N) is 1. The minimum atomic E-state index is -0.0695. The minimum absolute atomic E-state index is 0.00465. The first-order chi connectivity index (χ1) is 11.2. The van der Waals surface area contributed by atoms with Crippen molar-refractivity contribution < 1.29 is 9.90 Å². The third-order valence-electron chi connectivity index (χ3n) is 5.20. The predicted octanol–water partition coefficient (Wildman–Crippen LogP) is 1.82. The topological polar surface area (TPSA) is 55.8 Å². The molecule has 1 aromatic carbocycles. The molecule has 2 amide bonds. The lowest BCUT2D eigenvalue weighted by molar-refractivity contribution is 0.108. The number of urea groups is 1. The van der Waals surface area contributed by atoms with Crippen molar-refractivity contribution in [2.45, 2.75) is 50.4 Å². The first kappa shape index (κ1) is 16.3. The van der Waals surface area contributed by atoms with Crippen molar-refractivity contribution in [1.82, 2.24) is 15.1 Å². The molecule has 3 rings (SSSR count). The summed E-state index contributed by atoms with van der Waals surface area (Å²) in [6.07, 6.45) is 4.52. The van der Waals surface area contributed by atoms with Crippen molar-refractivity contribution in [3.8, 4) is 0 Å². The molecule has 0 radical (unpaired) electrons. The maximum atomic E-state index is 12.1. The highest BCUT2D eigenvalue weighted by Crippen LogP contribution is 2.36. The van der Waals surface area contributed by atoms with E-state index in [1.165, 1.54) is 18.4 Å². The number of rotatable bonds is 5. The summed E-state index contributed by atoms with van der Waals surface area (Å²) in [5.74, 6) is 0. The maximum absolute atomic E-state index is 12.1. The zero-order valence-electron chi connectivity index (χ0n) is 13.8. The molecule has 0 aromatic heterocycles. The number of carbonyl (C=O) groups is 1. The van der Waals surface area contributed by atoms with Gasteiger partial charge in [0.25, 0.3) is 0 Å². The van der Waals surface area contributed by atoms with Crippen LogP contribution in [-0.4, -0.2) is 59.3 Å². The molecular formula is C18H27N3O2. The second-order valence-corrected chi connectivity index (χ2v) is 6.81. The molecule has 2 N–H and O–H groups in total. The van der Waals surface area contributed by atoms with Gasteiger partial charge >= 0.3 is 6.03 Å². The molecule has 5 heteroatoms. The normalized spacial score (nSPS) is 27.0. The second-order valence-electron chi connectivity index (χ2n) is 6.81. The lowest BCUT2D eigenvalue weighted by Gasteiger charge is -2.39. The summed E-state index contributed by atoms with van der Waals surface area (Å²) in [5, 5.41) is 12.1. The Balaban J connectivity index is 1.55. The van der Waals surface area contributed by atoms with Gasteiger partial charge in [0, 0.05) is 38.3 Å². The van der Waals surface area contributed by atoms with Crippen molar-refractivity contribution >= 4 is 6.03 Å². The van der Waals surface area contributed by atoms with Gasteiger partial charge < -0.3 is 15.3 Å². The maximum Gasteiger partial charge on any atom is 0.317 e. The third kappa shape index (κ3) is 3.85. The van der Waals surface area contributed by atoms with E-state index < -0.39 is 0 Å². The van der Waals surface area contributed by atoms with Gasteiger partial charge in [-0.15, -0.1) is 0 Å². The van der Waals surface area contributed by atoms with E-state index in [0.717, 1.165) is 19.4 Å². The highest BCUT2D eigenvalue weighted by molar-refractivity contribution is 5.74. The van der Waals surface area contributed by atoms with E-state index in [0.29, 0.717) is 18.6 Å². The van der Waals surface area contributed by atoms with Crippen LogP contribution in [0, 0.1) is 0 Å². The molecule has 2 unspecified atom stereocenters. The minimum Gasteiger partial charge on any atom is -0.395 e. The SMILES string of the molecule is CN(CCO)C(=O)NC1CC2CCC(C1)N2Cc1ccccc1. The van der Waals surface area contributed by atoms with E-state index in [-0.39, 0.29) is 18.7 Å². The fraction of sp³-hybridized carbons (Fsp3) is 0.611. The third-order valence-corrected chi connectivity index (χ3v) is 5.20. The van der Waals surface area contributed by atoms with Gasteiger partial charge in [-0.3, -0.25) is 4.90 Å². The predicted molar refractivity (Wildman–Crippen MR) is 90.1 cm³/mol. The van der Waals surface area contributed by atoms with Gasteiger partial charge in [-0.05, 0) is 31.2 Å². The van der Waals surface area contributed by atoms with Gasteiger partial charge in [-0.2, -0.15) is 0 Å². The average molecular weight is 317 g/mol. The Labute approximate surface area is 138 Å². The Morgan fingerprint density at radius 3 is 2.52 bits per heavy atom. The summed E-state index contributed by atoms with van der Waals surface area (Å²) in [6.45, 7) is 1.40. The van der Waals surface area contributed by atoms with E-state index in [4.69, 9.17) is 5.11 Å². The number of piperidine rings is 1. The van der Waals surface area contributed by atoms with Crippen molar-refractivity contribution in [2.75, 3.05) is 20.2 Å². The number of aliphatic hydroxyl groups is 1. The zero-order valence-corrected chi connectivity index (χ0v) is 13.8. The fourth-order valence-electron chi connectivity index (χ4n) is 3.98. The molecule has 2 heterocycles. The highest BCUT2D eigenvalue weighted by atomic mass is 16.3. The summed E-state index contributed by atoms with van der Waals surface area (Å²) in [6, 6.07) is 12.0.